The third-order valence-corrected chi connectivity index (χ3v) is 10.8. The fourth-order valence-electron chi connectivity index (χ4n) is 6.24. The van der Waals surface area contributed by atoms with Crippen molar-refractivity contribution in [3.63, 3.8) is 0 Å². The van der Waals surface area contributed by atoms with Crippen LogP contribution in [-0.4, -0.2) is 59.8 Å². The van der Waals surface area contributed by atoms with Crippen LogP contribution in [0.3, 0.4) is 0 Å². The lowest BCUT2D eigenvalue weighted by atomic mass is 9.56. The predicted molar refractivity (Wildman–Crippen MR) is 198 cm³/mol. The molecule has 0 aliphatic carbocycles. The smallest absolute Gasteiger partial charge is 0.395 e. The van der Waals surface area contributed by atoms with E-state index in [0.29, 0.717) is 11.1 Å². The van der Waals surface area contributed by atoms with E-state index in [4.69, 9.17) is 19.6 Å². The fourth-order valence-corrected chi connectivity index (χ4v) is 7.35. The van der Waals surface area contributed by atoms with Crippen LogP contribution in [0.5, 0.6) is 0 Å². The summed E-state index contributed by atoms with van der Waals surface area (Å²) in [5.41, 5.74) is 2.43. The molecule has 2 aromatic rings. The van der Waals surface area contributed by atoms with E-state index in [0.717, 1.165) is 35.1 Å². The Morgan fingerprint density at radius 1 is 0.520 bits per heavy atom. The molecule has 50 heavy (non-hydrogen) atoms. The van der Waals surface area contributed by atoms with Gasteiger partial charge in [-0.15, -0.1) is 0 Å². The second-order valence-electron chi connectivity index (χ2n) is 17.4. The zero-order valence-corrected chi connectivity index (χ0v) is 34.3. The molecular weight excluding hydrogens is 682 g/mol. The Morgan fingerprint density at radius 2 is 0.740 bits per heavy atom. The first-order valence-corrected chi connectivity index (χ1v) is 20.0. The van der Waals surface area contributed by atoms with Crippen LogP contribution in [0.2, 0.25) is 0 Å². The van der Waals surface area contributed by atoms with Gasteiger partial charge in [-0.1, -0.05) is 121 Å². The van der Waals surface area contributed by atoms with E-state index in [1.807, 2.05) is 0 Å². The second-order valence-corrected chi connectivity index (χ2v) is 20.0. The Balaban J connectivity index is 0.00000122. The van der Waals surface area contributed by atoms with E-state index in [-0.39, 0.29) is 21.7 Å². The number of aryl methyl sites for hydroxylation is 2. The molecule has 0 aliphatic rings. The average molecular weight is 747 g/mol. The highest BCUT2D eigenvalue weighted by atomic mass is 31.3. The lowest BCUT2D eigenvalue weighted by molar-refractivity contribution is -0.138. The van der Waals surface area contributed by atoms with Gasteiger partial charge in [-0.25, -0.2) is 9.13 Å². The van der Waals surface area contributed by atoms with E-state index in [9.17, 15) is 29.6 Å². The molecule has 11 nitrogen and oxygen atoms in total. The molecule has 0 radical (unpaired) electrons. The van der Waals surface area contributed by atoms with Crippen molar-refractivity contribution in [1.29, 1.82) is 0 Å². The highest BCUT2D eigenvalue weighted by molar-refractivity contribution is 7.60. The summed E-state index contributed by atoms with van der Waals surface area (Å²) in [6.45, 7) is 28.2. The monoisotopic (exact) mass is 746 g/mol. The van der Waals surface area contributed by atoms with E-state index in [2.05, 4.69) is 126 Å². The van der Waals surface area contributed by atoms with Crippen LogP contribution in [0.1, 0.15) is 141 Å². The summed E-state index contributed by atoms with van der Waals surface area (Å²) in [6.07, 6.45) is 1.67. The lowest BCUT2D eigenvalue weighted by Gasteiger charge is -2.52. The third kappa shape index (κ3) is 10.8. The van der Waals surface area contributed by atoms with Crippen LogP contribution in [0.15, 0.2) is 24.3 Å². The molecule has 2 aromatic carbocycles. The van der Waals surface area contributed by atoms with Gasteiger partial charge >= 0.3 is 15.6 Å². The van der Waals surface area contributed by atoms with Crippen molar-refractivity contribution < 1.29 is 53.4 Å². The minimum atomic E-state index is -5.05. The van der Waals surface area contributed by atoms with E-state index >= 15 is 0 Å². The molecule has 8 N–H and O–H groups in total. The van der Waals surface area contributed by atoms with Gasteiger partial charge in [0, 0.05) is 0 Å². The van der Waals surface area contributed by atoms with Crippen LogP contribution in [0, 0.1) is 5.41 Å². The summed E-state index contributed by atoms with van der Waals surface area (Å²) < 4.78 is 22.2. The standard InChI is InChI=1S/C37H60O4.H4O7P2/c1-15-24-17-26(32(3,4)5)30(27(18-24)33(6,7)8)37(41,36(21-38,22-39)23-40)31-28(34(9,10)11)19-25(16-2)20-29(31)35(12,13)14;1-8(2,3)7-9(4,5)6/h17-20,38-41H,15-16,21-23H2,1-14H3;(H2,1,2,3)(H2,4,5,6). The Bertz CT molecular complexity index is 1370. The zero-order valence-electron chi connectivity index (χ0n) is 32.5. The van der Waals surface area contributed by atoms with E-state index < -0.39 is 46.5 Å². The summed E-state index contributed by atoms with van der Waals surface area (Å²) in [6, 6.07) is 8.72. The van der Waals surface area contributed by atoms with Crippen molar-refractivity contribution in [3.05, 3.63) is 68.8 Å². The quantitative estimate of drug-likeness (QED) is 0.125. The van der Waals surface area contributed by atoms with Gasteiger partial charge in [0.25, 0.3) is 0 Å². The molecule has 2 rings (SSSR count). The third-order valence-electron chi connectivity index (χ3n) is 9.06. The van der Waals surface area contributed by atoms with Gasteiger partial charge in [-0.05, 0) is 79.0 Å². The van der Waals surface area contributed by atoms with Crippen LogP contribution in [-0.2, 0) is 53.5 Å². The number of phosphoric acid groups is 2. The molecular formula is C37H64O11P2. The molecule has 13 heteroatoms. The first-order chi connectivity index (χ1) is 22.2. The highest BCUT2D eigenvalue weighted by Gasteiger charge is 2.58. The first kappa shape index (κ1) is 46.6. The number of benzene rings is 2. The summed E-state index contributed by atoms with van der Waals surface area (Å²) >= 11 is 0. The number of hydrogen-bond donors (Lipinski definition) is 8. The normalized spacial score (nSPS) is 14.0. The van der Waals surface area contributed by atoms with Crippen LogP contribution in [0.25, 0.3) is 0 Å². The maximum Gasteiger partial charge on any atom is 0.478 e. The largest absolute Gasteiger partial charge is 0.478 e. The Morgan fingerprint density at radius 3 is 0.860 bits per heavy atom. The second kappa shape index (κ2) is 15.9. The summed E-state index contributed by atoms with van der Waals surface area (Å²) in [7, 11) is -10.1. The summed E-state index contributed by atoms with van der Waals surface area (Å²) in [5.74, 6) is 0. The fraction of sp³-hybridized carbons (Fsp3) is 0.676. The SMILES string of the molecule is CCc1cc(C(C)(C)C)c(C(O)(c2c(C(C)(C)C)cc(CC)cc2C(C)(C)C)C(CO)(CO)CO)c(C(C)(C)C)c1.O=P(O)(O)OP(=O)(O)O. The van der Waals surface area contributed by atoms with Gasteiger partial charge in [-0.3, -0.25) is 0 Å². The minimum Gasteiger partial charge on any atom is -0.395 e. The molecule has 0 unspecified atom stereocenters. The van der Waals surface area contributed by atoms with Crippen molar-refractivity contribution >= 4 is 15.6 Å². The summed E-state index contributed by atoms with van der Waals surface area (Å²) in [5, 5.41) is 47.3. The van der Waals surface area contributed by atoms with Crippen molar-refractivity contribution in [2.75, 3.05) is 19.8 Å². The predicted octanol–water partition coefficient (Wildman–Crippen LogP) is 6.39. The van der Waals surface area contributed by atoms with Gasteiger partial charge in [0.2, 0.25) is 0 Å². The molecule has 0 spiro atoms. The number of aliphatic hydroxyl groups is 4. The Labute approximate surface area is 299 Å². The number of aliphatic hydroxyl groups excluding tert-OH is 3. The molecule has 0 aromatic heterocycles. The van der Waals surface area contributed by atoms with Gasteiger partial charge in [0.1, 0.15) is 5.60 Å². The van der Waals surface area contributed by atoms with Crippen molar-refractivity contribution in [1.82, 2.24) is 0 Å². The van der Waals surface area contributed by atoms with Gasteiger partial charge in [-0.2, -0.15) is 4.31 Å². The van der Waals surface area contributed by atoms with Crippen molar-refractivity contribution in [3.8, 4) is 0 Å². The van der Waals surface area contributed by atoms with Crippen LogP contribution < -0.4 is 0 Å². The first-order valence-electron chi connectivity index (χ1n) is 16.9. The highest BCUT2D eigenvalue weighted by Crippen LogP contribution is 2.56. The van der Waals surface area contributed by atoms with Gasteiger partial charge < -0.3 is 40.0 Å². The molecule has 0 fully saturated rings. The number of rotatable bonds is 10. The van der Waals surface area contributed by atoms with Gasteiger partial charge in [0.05, 0.1) is 25.2 Å². The Kier molecular flexibility index (Phi) is 14.8. The molecule has 0 amide bonds. The molecule has 0 bridgehead atoms. The average Bonchev–Trinajstić information content (AvgIpc) is 2.93. The number of hydrogen-bond acceptors (Lipinski definition) is 7. The topological polar surface area (TPSA) is 205 Å². The lowest BCUT2D eigenvalue weighted by Crippen LogP contribution is -2.57. The van der Waals surface area contributed by atoms with Gasteiger partial charge in [0.15, 0.2) is 0 Å². The van der Waals surface area contributed by atoms with E-state index in [1.165, 1.54) is 11.1 Å². The van der Waals surface area contributed by atoms with Crippen LogP contribution in [0.4, 0.5) is 0 Å². The molecule has 0 saturated heterocycles. The van der Waals surface area contributed by atoms with Crippen molar-refractivity contribution in [2.24, 2.45) is 5.41 Å². The molecule has 288 valence electrons. The summed E-state index contributed by atoms with van der Waals surface area (Å²) in [4.78, 5) is 31.0. The molecule has 0 atom stereocenters. The minimum absolute atomic E-state index is 0.381. The maximum atomic E-state index is 13.9. The van der Waals surface area contributed by atoms with Crippen LogP contribution >= 0.6 is 15.6 Å². The Hall–Kier alpha value is -1.46. The molecule has 0 aliphatic heterocycles. The zero-order chi connectivity index (χ0) is 39.7. The molecule has 0 saturated carbocycles. The maximum absolute atomic E-state index is 13.9. The van der Waals surface area contributed by atoms with Crippen molar-refractivity contribution in [2.45, 2.75) is 137 Å². The van der Waals surface area contributed by atoms with E-state index in [1.54, 1.807) is 0 Å². The molecule has 0 heterocycles.